The Kier molecular flexibility index (Phi) is 5.19. The summed E-state index contributed by atoms with van der Waals surface area (Å²) in [5.74, 6) is -0.0445. The van der Waals surface area contributed by atoms with Crippen LogP contribution in [0.25, 0.3) is 0 Å². The van der Waals surface area contributed by atoms with Gasteiger partial charge >= 0.3 is 0 Å². The minimum absolute atomic E-state index is 0.0405. The third kappa shape index (κ3) is 5.07. The number of benzene rings is 1. The first-order valence-electron chi connectivity index (χ1n) is 5.08. The predicted molar refractivity (Wildman–Crippen MR) is 65.9 cm³/mol. The Hall–Kier alpha value is -1.16. The van der Waals surface area contributed by atoms with Crippen LogP contribution in [0, 0.1) is 0 Å². The number of nitrogens with one attached hydrogen (secondary N) is 1. The van der Waals surface area contributed by atoms with Crippen LogP contribution < -0.4 is 5.32 Å². The van der Waals surface area contributed by atoms with Gasteiger partial charge in [0, 0.05) is 23.9 Å². The summed E-state index contributed by atoms with van der Waals surface area (Å²) >= 11 is 3.34. The third-order valence-electron chi connectivity index (χ3n) is 2.11. The molecule has 0 fully saturated rings. The van der Waals surface area contributed by atoms with Gasteiger partial charge in [0.2, 0.25) is 5.91 Å². The normalized spacial score (nSPS) is 9.88. The van der Waals surface area contributed by atoms with Gasteiger partial charge in [-0.2, -0.15) is 0 Å². The van der Waals surface area contributed by atoms with E-state index in [1.165, 1.54) is 6.92 Å². The van der Waals surface area contributed by atoms with E-state index in [9.17, 15) is 9.59 Å². The number of Topliss-reactive ketones (excluding diaryl/α,β-unsaturated/α-hetero) is 1. The van der Waals surface area contributed by atoms with Crippen molar-refractivity contribution in [2.75, 3.05) is 0 Å². The van der Waals surface area contributed by atoms with Crippen molar-refractivity contribution in [3.63, 3.8) is 0 Å². The summed E-state index contributed by atoms with van der Waals surface area (Å²) < 4.78 is 1.01. The first kappa shape index (κ1) is 12.9. The van der Waals surface area contributed by atoms with Gasteiger partial charge in [0.25, 0.3) is 0 Å². The van der Waals surface area contributed by atoms with Gasteiger partial charge in [0.1, 0.15) is 5.78 Å². The Bertz CT molecular complexity index is 373. The summed E-state index contributed by atoms with van der Waals surface area (Å²) in [5, 5.41) is 2.77. The summed E-state index contributed by atoms with van der Waals surface area (Å²) in [7, 11) is 0. The highest BCUT2D eigenvalue weighted by molar-refractivity contribution is 9.10. The molecule has 0 saturated heterocycles. The second-order valence-corrected chi connectivity index (χ2v) is 4.52. The van der Waals surface area contributed by atoms with Gasteiger partial charge in [-0.15, -0.1) is 0 Å². The maximum atomic E-state index is 11.3. The molecule has 0 unspecified atom stereocenters. The monoisotopic (exact) mass is 283 g/mol. The van der Waals surface area contributed by atoms with Crippen LogP contribution in [0.3, 0.4) is 0 Å². The molecule has 1 aromatic rings. The molecule has 3 nitrogen and oxygen atoms in total. The highest BCUT2D eigenvalue weighted by Gasteiger charge is 2.03. The number of carbonyl (C=O) groups excluding carboxylic acids is 2. The topological polar surface area (TPSA) is 46.2 Å². The van der Waals surface area contributed by atoms with Gasteiger partial charge in [0.15, 0.2) is 0 Å². The van der Waals surface area contributed by atoms with E-state index in [4.69, 9.17) is 0 Å². The quantitative estimate of drug-likeness (QED) is 0.902. The zero-order valence-corrected chi connectivity index (χ0v) is 10.7. The van der Waals surface area contributed by atoms with E-state index in [2.05, 4.69) is 21.2 Å². The zero-order valence-electron chi connectivity index (χ0n) is 9.13. The number of rotatable bonds is 5. The van der Waals surface area contributed by atoms with Crippen molar-refractivity contribution in [2.24, 2.45) is 0 Å². The molecule has 1 rings (SSSR count). The maximum Gasteiger partial charge on any atom is 0.220 e. The summed E-state index contributed by atoms with van der Waals surface area (Å²) in [4.78, 5) is 22.0. The molecule has 0 aliphatic heterocycles. The van der Waals surface area contributed by atoms with E-state index in [0.717, 1.165) is 10.0 Å². The summed E-state index contributed by atoms with van der Waals surface area (Å²) in [5.41, 5.74) is 1.04. The molecular weight excluding hydrogens is 270 g/mol. The second-order valence-electron chi connectivity index (χ2n) is 3.61. The Morgan fingerprint density at radius 2 is 1.81 bits per heavy atom. The molecule has 0 heterocycles. The van der Waals surface area contributed by atoms with Crippen molar-refractivity contribution in [1.29, 1.82) is 0 Å². The summed E-state index contributed by atoms with van der Waals surface area (Å²) in [6.45, 7) is 1.99. The van der Waals surface area contributed by atoms with Crippen molar-refractivity contribution < 1.29 is 9.59 Å². The lowest BCUT2D eigenvalue weighted by molar-refractivity contribution is -0.124. The minimum Gasteiger partial charge on any atom is -0.352 e. The molecule has 1 aromatic carbocycles. The maximum absolute atomic E-state index is 11.3. The van der Waals surface area contributed by atoms with Gasteiger partial charge in [-0.05, 0) is 24.6 Å². The van der Waals surface area contributed by atoms with Gasteiger partial charge < -0.3 is 10.1 Å². The largest absolute Gasteiger partial charge is 0.352 e. The molecule has 0 bridgehead atoms. The van der Waals surface area contributed by atoms with Crippen LogP contribution in [-0.4, -0.2) is 11.7 Å². The average Bonchev–Trinajstić information content (AvgIpc) is 2.25. The van der Waals surface area contributed by atoms with Crippen molar-refractivity contribution in [3.05, 3.63) is 34.3 Å². The lowest BCUT2D eigenvalue weighted by atomic mass is 10.2. The van der Waals surface area contributed by atoms with Crippen molar-refractivity contribution in [1.82, 2.24) is 5.32 Å². The Labute approximate surface area is 103 Å². The molecule has 0 radical (unpaired) electrons. The van der Waals surface area contributed by atoms with Gasteiger partial charge in [-0.1, -0.05) is 28.1 Å². The fourth-order valence-electron chi connectivity index (χ4n) is 1.18. The van der Waals surface area contributed by atoms with Crippen molar-refractivity contribution >= 4 is 27.6 Å². The number of carbonyl (C=O) groups is 2. The molecule has 1 amide bonds. The smallest absolute Gasteiger partial charge is 0.220 e. The molecule has 4 heteroatoms. The fourth-order valence-corrected chi connectivity index (χ4v) is 1.45. The van der Waals surface area contributed by atoms with Crippen LogP contribution in [0.2, 0.25) is 0 Å². The van der Waals surface area contributed by atoms with Crippen molar-refractivity contribution in [2.45, 2.75) is 26.3 Å². The number of amides is 1. The standard InChI is InChI=1S/C12H14BrNO2/c1-9(15)2-7-12(16)14-8-10-3-5-11(13)6-4-10/h3-6H,2,7-8H2,1H3,(H,14,16). The number of hydrogen-bond donors (Lipinski definition) is 1. The van der Waals surface area contributed by atoms with E-state index in [1.54, 1.807) is 0 Å². The lowest BCUT2D eigenvalue weighted by Gasteiger charge is -2.04. The Morgan fingerprint density at radius 3 is 2.38 bits per heavy atom. The van der Waals surface area contributed by atoms with Crippen LogP contribution in [0.4, 0.5) is 0 Å². The molecule has 0 saturated carbocycles. The van der Waals surface area contributed by atoms with Crippen LogP contribution >= 0.6 is 15.9 Å². The molecule has 0 aromatic heterocycles. The van der Waals surface area contributed by atoms with E-state index in [-0.39, 0.29) is 18.1 Å². The highest BCUT2D eigenvalue weighted by atomic mass is 79.9. The molecule has 16 heavy (non-hydrogen) atoms. The van der Waals surface area contributed by atoms with E-state index in [0.29, 0.717) is 13.0 Å². The summed E-state index contributed by atoms with van der Waals surface area (Å²) in [6, 6.07) is 7.73. The molecule has 0 atom stereocenters. The first-order chi connectivity index (χ1) is 7.58. The molecule has 0 spiro atoms. The van der Waals surface area contributed by atoms with Gasteiger partial charge in [0.05, 0.1) is 0 Å². The number of ketones is 1. The Morgan fingerprint density at radius 1 is 1.19 bits per heavy atom. The van der Waals surface area contributed by atoms with Gasteiger partial charge in [-0.3, -0.25) is 4.79 Å². The number of hydrogen-bond acceptors (Lipinski definition) is 2. The van der Waals surface area contributed by atoms with E-state index >= 15 is 0 Å². The predicted octanol–water partition coefficient (Wildman–Crippen LogP) is 2.43. The van der Waals surface area contributed by atoms with Crippen LogP contribution in [0.5, 0.6) is 0 Å². The molecule has 0 aliphatic rings. The minimum atomic E-state index is -0.0851. The number of halogens is 1. The second kappa shape index (κ2) is 6.43. The molecular formula is C12H14BrNO2. The van der Waals surface area contributed by atoms with Crippen LogP contribution in [0.1, 0.15) is 25.3 Å². The summed E-state index contributed by atoms with van der Waals surface area (Å²) in [6.07, 6.45) is 0.581. The average molecular weight is 284 g/mol. The fraction of sp³-hybridized carbons (Fsp3) is 0.333. The lowest BCUT2D eigenvalue weighted by Crippen LogP contribution is -2.22. The van der Waals surface area contributed by atoms with E-state index < -0.39 is 0 Å². The third-order valence-corrected chi connectivity index (χ3v) is 2.64. The van der Waals surface area contributed by atoms with Crippen molar-refractivity contribution in [3.8, 4) is 0 Å². The van der Waals surface area contributed by atoms with Crippen LogP contribution in [-0.2, 0) is 16.1 Å². The zero-order chi connectivity index (χ0) is 12.0. The van der Waals surface area contributed by atoms with Crippen LogP contribution in [0.15, 0.2) is 28.7 Å². The Balaban J connectivity index is 2.31. The molecule has 86 valence electrons. The highest BCUT2D eigenvalue weighted by Crippen LogP contribution is 2.10. The van der Waals surface area contributed by atoms with Gasteiger partial charge in [-0.25, -0.2) is 0 Å². The molecule has 0 aliphatic carbocycles. The first-order valence-corrected chi connectivity index (χ1v) is 5.88. The molecule has 1 N–H and O–H groups in total. The van der Waals surface area contributed by atoms with E-state index in [1.807, 2.05) is 24.3 Å². The SMILES string of the molecule is CC(=O)CCC(=O)NCc1ccc(Br)cc1.